The van der Waals surface area contributed by atoms with Gasteiger partial charge in [-0.1, -0.05) is 30.7 Å². The Kier molecular flexibility index (Phi) is 9.31. The monoisotopic (exact) mass is 468 g/mol. The summed E-state index contributed by atoms with van der Waals surface area (Å²) >= 11 is 6.52. The summed E-state index contributed by atoms with van der Waals surface area (Å²) in [5.74, 6) is -0.228. The van der Waals surface area contributed by atoms with E-state index in [1.807, 2.05) is 55.1 Å². The van der Waals surface area contributed by atoms with Crippen molar-refractivity contribution in [3.8, 4) is 0 Å². The lowest BCUT2D eigenvalue weighted by Gasteiger charge is -2.24. The van der Waals surface area contributed by atoms with Crippen LogP contribution in [0.25, 0.3) is 0 Å². The van der Waals surface area contributed by atoms with Crippen molar-refractivity contribution < 1.29 is 9.59 Å². The lowest BCUT2D eigenvalue weighted by molar-refractivity contribution is 0.0753. The van der Waals surface area contributed by atoms with Crippen LogP contribution < -0.4 is 10.2 Å². The Labute approximate surface area is 201 Å². The third-order valence-electron chi connectivity index (χ3n) is 5.74. The molecule has 33 heavy (non-hydrogen) atoms. The highest BCUT2D eigenvalue weighted by atomic mass is 35.5. The summed E-state index contributed by atoms with van der Waals surface area (Å²) in [6.45, 7) is 7.60. The molecule has 1 heterocycles. The number of anilines is 1. The van der Waals surface area contributed by atoms with E-state index in [1.165, 1.54) is 12.8 Å². The largest absolute Gasteiger partial charge is 0.371 e. The van der Waals surface area contributed by atoms with Gasteiger partial charge in [-0.05, 0) is 62.9 Å². The minimum Gasteiger partial charge on any atom is -0.371 e. The van der Waals surface area contributed by atoms with Gasteiger partial charge in [-0.15, -0.1) is 0 Å². The Morgan fingerprint density at radius 3 is 2.58 bits per heavy atom. The first-order chi connectivity index (χ1) is 16.0. The average Bonchev–Trinajstić information content (AvgIpc) is 3.36. The lowest BCUT2D eigenvalue weighted by atomic mass is 10.1. The molecule has 0 unspecified atom stereocenters. The number of hydrogen-bond acceptors (Lipinski definition) is 4. The van der Waals surface area contributed by atoms with Crippen LogP contribution in [-0.4, -0.2) is 55.7 Å². The molecule has 176 valence electrons. The van der Waals surface area contributed by atoms with E-state index < -0.39 is 0 Å². The van der Waals surface area contributed by atoms with Crippen molar-refractivity contribution in [3.05, 3.63) is 58.6 Å². The summed E-state index contributed by atoms with van der Waals surface area (Å²) in [6.07, 6.45) is 5.56. The molecule has 0 aromatic heterocycles. The number of nitrogens with one attached hydrogen (secondary N) is 1. The smallest absolute Gasteiger partial charge is 0.255 e. The van der Waals surface area contributed by atoms with Crippen LogP contribution >= 0.6 is 11.6 Å². The van der Waals surface area contributed by atoms with Gasteiger partial charge >= 0.3 is 0 Å². The number of carbonyl (C=O) groups is 2. The van der Waals surface area contributed by atoms with Gasteiger partial charge in [0.25, 0.3) is 11.8 Å². The van der Waals surface area contributed by atoms with Crippen LogP contribution in [-0.2, 0) is 0 Å². The number of rotatable bonds is 10. The predicted octanol–water partition coefficient (Wildman–Crippen LogP) is 5.33. The van der Waals surface area contributed by atoms with Gasteiger partial charge in [-0.25, -0.2) is 0 Å². The fraction of sp³-hybridized carbons (Fsp3) is 0.423. The van der Waals surface area contributed by atoms with Crippen molar-refractivity contribution in [2.24, 2.45) is 4.99 Å². The Balaban J connectivity index is 1.57. The van der Waals surface area contributed by atoms with E-state index in [1.54, 1.807) is 12.3 Å². The van der Waals surface area contributed by atoms with Crippen LogP contribution in [0.2, 0.25) is 5.02 Å². The van der Waals surface area contributed by atoms with E-state index in [-0.39, 0.29) is 11.8 Å². The van der Waals surface area contributed by atoms with Crippen LogP contribution in [0.4, 0.5) is 11.4 Å². The minimum absolute atomic E-state index is 0.0659. The van der Waals surface area contributed by atoms with Crippen LogP contribution in [0.3, 0.4) is 0 Å². The number of amides is 2. The molecule has 1 N–H and O–H groups in total. The van der Waals surface area contributed by atoms with E-state index in [4.69, 9.17) is 11.6 Å². The Morgan fingerprint density at radius 1 is 1.12 bits per heavy atom. The number of aliphatic imine (C=N–C) groups is 1. The molecule has 6 nitrogen and oxygen atoms in total. The summed E-state index contributed by atoms with van der Waals surface area (Å²) in [5, 5.41) is 3.43. The van der Waals surface area contributed by atoms with Gasteiger partial charge in [0.2, 0.25) is 0 Å². The number of nitrogens with zero attached hydrogens (tertiary/aromatic N) is 3. The number of para-hydroxylation sites is 1. The number of hydrogen-bond donors (Lipinski definition) is 1. The van der Waals surface area contributed by atoms with E-state index in [2.05, 4.69) is 15.2 Å². The molecule has 0 saturated carbocycles. The second kappa shape index (κ2) is 12.4. The van der Waals surface area contributed by atoms with Crippen LogP contribution in [0, 0.1) is 0 Å². The zero-order valence-corrected chi connectivity index (χ0v) is 20.3. The highest BCUT2D eigenvalue weighted by Crippen LogP contribution is 2.27. The van der Waals surface area contributed by atoms with Gasteiger partial charge in [0.05, 0.1) is 21.8 Å². The van der Waals surface area contributed by atoms with Crippen molar-refractivity contribution in [1.82, 2.24) is 10.2 Å². The Morgan fingerprint density at radius 2 is 1.88 bits per heavy atom. The summed E-state index contributed by atoms with van der Waals surface area (Å²) in [7, 11) is 0. The normalized spacial score (nSPS) is 13.5. The van der Waals surface area contributed by atoms with Gasteiger partial charge in [-0.2, -0.15) is 0 Å². The van der Waals surface area contributed by atoms with Crippen LogP contribution in [0.15, 0.2) is 47.5 Å². The molecule has 1 saturated heterocycles. The first kappa shape index (κ1) is 24.8. The zero-order chi connectivity index (χ0) is 23.6. The topological polar surface area (TPSA) is 65.0 Å². The Bertz CT molecular complexity index is 986. The van der Waals surface area contributed by atoms with Crippen molar-refractivity contribution in [2.45, 2.75) is 39.5 Å². The lowest BCUT2D eigenvalue weighted by Crippen LogP contribution is -2.35. The van der Waals surface area contributed by atoms with Gasteiger partial charge in [0.1, 0.15) is 0 Å². The second-order valence-corrected chi connectivity index (χ2v) is 8.57. The number of carbonyl (C=O) groups excluding carboxylic acids is 2. The molecule has 0 aliphatic carbocycles. The first-order valence-corrected chi connectivity index (χ1v) is 12.1. The molecular weight excluding hydrogens is 436 g/mol. The molecule has 0 atom stereocenters. The zero-order valence-electron chi connectivity index (χ0n) is 19.5. The van der Waals surface area contributed by atoms with Gasteiger partial charge < -0.3 is 15.1 Å². The van der Waals surface area contributed by atoms with Crippen LogP contribution in [0.5, 0.6) is 0 Å². The SMILES string of the molecule is CC=Nc1ccccc1C(=O)NCCCN(CCC)C(=O)c1ccc(N2CCCC2)cc1Cl. The maximum atomic E-state index is 13.2. The van der Waals surface area contributed by atoms with Crippen molar-refractivity contribution in [1.29, 1.82) is 0 Å². The summed E-state index contributed by atoms with van der Waals surface area (Å²) in [6, 6.07) is 13.0. The van der Waals surface area contributed by atoms with Gasteiger partial charge in [0, 0.05) is 44.6 Å². The van der Waals surface area contributed by atoms with Gasteiger partial charge in [-0.3, -0.25) is 14.6 Å². The molecular formula is C26H33ClN4O2. The molecule has 0 bridgehead atoms. The fourth-order valence-corrected chi connectivity index (χ4v) is 4.34. The third kappa shape index (κ3) is 6.57. The predicted molar refractivity (Wildman–Crippen MR) is 136 cm³/mol. The van der Waals surface area contributed by atoms with Crippen molar-refractivity contribution in [3.63, 3.8) is 0 Å². The molecule has 2 aromatic carbocycles. The molecule has 2 amide bonds. The molecule has 1 fully saturated rings. The third-order valence-corrected chi connectivity index (χ3v) is 6.05. The number of halogens is 1. The standard InChI is InChI=1S/C26H33ClN4O2/c1-3-15-31(18-9-14-29-25(32)22-10-5-6-11-24(22)28-4-2)26(33)21-13-12-20(19-23(21)27)30-16-7-8-17-30/h4-6,10-13,19H,3,7-9,14-18H2,1-2H3,(H,29,32). The molecule has 3 rings (SSSR count). The van der Waals surface area contributed by atoms with E-state index in [0.717, 1.165) is 25.2 Å². The minimum atomic E-state index is -0.162. The second-order valence-electron chi connectivity index (χ2n) is 8.16. The summed E-state index contributed by atoms with van der Waals surface area (Å²) in [4.78, 5) is 34.1. The summed E-state index contributed by atoms with van der Waals surface area (Å²) < 4.78 is 0. The van der Waals surface area contributed by atoms with Gasteiger partial charge in [0.15, 0.2) is 0 Å². The molecule has 0 spiro atoms. The fourth-order valence-electron chi connectivity index (χ4n) is 4.09. The quantitative estimate of drug-likeness (QED) is 0.378. The molecule has 0 radical (unpaired) electrons. The first-order valence-electron chi connectivity index (χ1n) is 11.7. The van der Waals surface area contributed by atoms with E-state index >= 15 is 0 Å². The van der Waals surface area contributed by atoms with Crippen LogP contribution in [0.1, 0.15) is 60.2 Å². The average molecular weight is 469 g/mol. The Hall–Kier alpha value is -2.86. The highest BCUT2D eigenvalue weighted by molar-refractivity contribution is 6.34. The highest BCUT2D eigenvalue weighted by Gasteiger charge is 2.20. The molecule has 2 aromatic rings. The van der Waals surface area contributed by atoms with E-state index in [9.17, 15) is 9.59 Å². The maximum absolute atomic E-state index is 13.2. The molecule has 7 heteroatoms. The van der Waals surface area contributed by atoms with E-state index in [0.29, 0.717) is 47.9 Å². The molecule has 1 aliphatic rings. The van der Waals surface area contributed by atoms with Crippen molar-refractivity contribution >= 4 is 41.0 Å². The summed E-state index contributed by atoms with van der Waals surface area (Å²) in [5.41, 5.74) is 2.80. The number of benzene rings is 2. The molecule has 1 aliphatic heterocycles. The maximum Gasteiger partial charge on any atom is 0.255 e. The van der Waals surface area contributed by atoms with Crippen molar-refractivity contribution in [2.75, 3.05) is 37.6 Å².